The lowest BCUT2D eigenvalue weighted by atomic mass is 10.0. The van der Waals surface area contributed by atoms with Crippen molar-refractivity contribution in [1.82, 2.24) is 20.3 Å². The van der Waals surface area contributed by atoms with Gasteiger partial charge in [-0.1, -0.05) is 41.1 Å². The first-order chi connectivity index (χ1) is 17.0. The van der Waals surface area contributed by atoms with E-state index in [2.05, 4.69) is 15.6 Å². The summed E-state index contributed by atoms with van der Waals surface area (Å²) in [6, 6.07) is 18.2. The van der Waals surface area contributed by atoms with Crippen LogP contribution < -0.4 is 10.2 Å². The maximum absolute atomic E-state index is 13.8. The Bertz CT molecular complexity index is 1310. The number of methoxy groups -OCH3 is 1. The first-order valence-corrected chi connectivity index (χ1v) is 11.2. The van der Waals surface area contributed by atoms with Crippen molar-refractivity contribution in [3.63, 3.8) is 0 Å². The van der Waals surface area contributed by atoms with E-state index in [4.69, 9.17) is 16.3 Å². The lowest BCUT2D eigenvalue weighted by Crippen LogP contribution is -2.46. The van der Waals surface area contributed by atoms with E-state index >= 15 is 0 Å². The van der Waals surface area contributed by atoms with Crippen LogP contribution in [-0.4, -0.2) is 47.1 Å². The molecule has 1 aromatic heterocycles. The summed E-state index contributed by atoms with van der Waals surface area (Å²) in [5, 5.41) is 11.5. The SMILES string of the molecule is COCCNC(=O)C(c1ccc(Cl)cc1)N(C(=O)Cn1nnc2ccccc21)c1ccc(F)cc1. The van der Waals surface area contributed by atoms with Gasteiger partial charge < -0.3 is 10.1 Å². The van der Waals surface area contributed by atoms with E-state index in [9.17, 15) is 14.0 Å². The Balaban J connectivity index is 1.76. The first kappa shape index (κ1) is 24.3. The molecule has 0 aliphatic carbocycles. The van der Waals surface area contributed by atoms with Gasteiger partial charge in [-0.25, -0.2) is 9.07 Å². The predicted molar refractivity (Wildman–Crippen MR) is 130 cm³/mol. The van der Waals surface area contributed by atoms with Crippen molar-refractivity contribution in [1.29, 1.82) is 0 Å². The second kappa shape index (κ2) is 11.1. The van der Waals surface area contributed by atoms with Crippen LogP contribution in [0.25, 0.3) is 11.0 Å². The van der Waals surface area contributed by atoms with Crippen LogP contribution in [0.3, 0.4) is 0 Å². The van der Waals surface area contributed by atoms with Gasteiger partial charge in [-0.2, -0.15) is 0 Å². The van der Waals surface area contributed by atoms with Crippen LogP contribution in [0.2, 0.25) is 5.02 Å². The number of benzene rings is 3. The Kier molecular flexibility index (Phi) is 7.69. The molecule has 180 valence electrons. The number of hydrogen-bond acceptors (Lipinski definition) is 5. The normalized spacial score (nSPS) is 11.9. The van der Waals surface area contributed by atoms with Crippen LogP contribution >= 0.6 is 11.6 Å². The van der Waals surface area contributed by atoms with Crippen LogP contribution in [0.15, 0.2) is 72.8 Å². The summed E-state index contributed by atoms with van der Waals surface area (Å²) >= 11 is 6.07. The number of nitrogens with one attached hydrogen (secondary N) is 1. The van der Waals surface area contributed by atoms with Crippen molar-refractivity contribution in [2.24, 2.45) is 0 Å². The summed E-state index contributed by atoms with van der Waals surface area (Å²) < 4.78 is 20.2. The molecule has 0 fully saturated rings. The van der Waals surface area contributed by atoms with E-state index < -0.39 is 23.7 Å². The quantitative estimate of drug-likeness (QED) is 0.357. The van der Waals surface area contributed by atoms with Crippen LogP contribution in [0.1, 0.15) is 11.6 Å². The number of fused-ring (bicyclic) bond motifs is 1. The van der Waals surface area contributed by atoms with Crippen LogP contribution in [0.4, 0.5) is 10.1 Å². The molecule has 1 heterocycles. The first-order valence-electron chi connectivity index (χ1n) is 10.9. The molecule has 0 spiro atoms. The summed E-state index contributed by atoms with van der Waals surface area (Å²) in [6.07, 6.45) is 0. The molecule has 35 heavy (non-hydrogen) atoms. The van der Waals surface area contributed by atoms with E-state index in [1.807, 2.05) is 12.1 Å². The molecule has 4 rings (SSSR count). The average Bonchev–Trinajstić information content (AvgIpc) is 3.27. The molecule has 4 aromatic rings. The fourth-order valence-corrected chi connectivity index (χ4v) is 3.84. The predicted octanol–water partition coefficient (Wildman–Crippen LogP) is 3.76. The van der Waals surface area contributed by atoms with E-state index in [1.165, 1.54) is 41.0 Å². The monoisotopic (exact) mass is 495 g/mol. The Morgan fingerprint density at radius 1 is 1.09 bits per heavy atom. The number of ether oxygens (including phenoxy) is 1. The minimum absolute atomic E-state index is 0.187. The van der Waals surface area contributed by atoms with E-state index in [0.29, 0.717) is 33.9 Å². The Morgan fingerprint density at radius 3 is 2.51 bits per heavy atom. The van der Waals surface area contributed by atoms with Gasteiger partial charge in [0.25, 0.3) is 0 Å². The second-order valence-corrected chi connectivity index (χ2v) is 8.15. The maximum Gasteiger partial charge on any atom is 0.249 e. The summed E-state index contributed by atoms with van der Waals surface area (Å²) in [5.74, 6) is -1.32. The zero-order valence-electron chi connectivity index (χ0n) is 18.9. The summed E-state index contributed by atoms with van der Waals surface area (Å²) in [7, 11) is 1.53. The van der Waals surface area contributed by atoms with Gasteiger partial charge in [-0.15, -0.1) is 5.10 Å². The molecule has 0 saturated carbocycles. The van der Waals surface area contributed by atoms with Gasteiger partial charge in [0.15, 0.2) is 0 Å². The zero-order valence-corrected chi connectivity index (χ0v) is 19.7. The van der Waals surface area contributed by atoms with Crippen molar-refractivity contribution in [2.45, 2.75) is 12.6 Å². The number of halogens is 2. The number of hydrogen-bond donors (Lipinski definition) is 1. The highest BCUT2D eigenvalue weighted by molar-refractivity contribution is 6.30. The highest BCUT2D eigenvalue weighted by atomic mass is 35.5. The molecule has 0 aliphatic heterocycles. The van der Waals surface area contributed by atoms with Crippen LogP contribution in [0.5, 0.6) is 0 Å². The highest BCUT2D eigenvalue weighted by Gasteiger charge is 2.33. The largest absolute Gasteiger partial charge is 0.383 e. The maximum atomic E-state index is 13.8. The third-order valence-electron chi connectivity index (χ3n) is 5.38. The number of nitrogens with zero attached hydrogens (tertiary/aromatic N) is 4. The fraction of sp³-hybridized carbons (Fsp3) is 0.200. The average molecular weight is 496 g/mol. The number of amides is 2. The van der Waals surface area contributed by atoms with Gasteiger partial charge in [0.1, 0.15) is 23.9 Å². The van der Waals surface area contributed by atoms with Gasteiger partial charge in [0, 0.05) is 24.4 Å². The summed E-state index contributed by atoms with van der Waals surface area (Å²) in [5.41, 5.74) is 2.20. The fourth-order valence-electron chi connectivity index (χ4n) is 3.71. The molecule has 8 nitrogen and oxygen atoms in total. The minimum atomic E-state index is -1.06. The number of carbonyl (C=O) groups excluding carboxylic acids is 2. The van der Waals surface area contributed by atoms with Crippen LogP contribution in [-0.2, 0) is 20.9 Å². The molecule has 2 amide bonds. The van der Waals surface area contributed by atoms with E-state index in [-0.39, 0.29) is 13.1 Å². The van der Waals surface area contributed by atoms with Gasteiger partial charge in [0.2, 0.25) is 11.8 Å². The molecule has 0 bridgehead atoms. The highest BCUT2D eigenvalue weighted by Crippen LogP contribution is 2.30. The lowest BCUT2D eigenvalue weighted by molar-refractivity contribution is -0.127. The van der Waals surface area contributed by atoms with Crippen molar-refractivity contribution in [3.05, 3.63) is 89.2 Å². The number of para-hydroxylation sites is 1. The standard InChI is InChI=1S/C25H23ClFN5O3/c1-35-15-14-28-25(34)24(17-6-8-18(26)9-7-17)32(20-12-10-19(27)11-13-20)23(33)16-31-22-5-3-2-4-21(22)29-30-31/h2-13,24H,14-16H2,1H3,(H,28,34). The lowest BCUT2D eigenvalue weighted by Gasteiger charge is -2.31. The molecular formula is C25H23ClFN5O3. The Labute approximate surface area is 206 Å². The Morgan fingerprint density at radius 2 is 1.80 bits per heavy atom. The number of rotatable bonds is 9. The molecule has 3 aromatic carbocycles. The molecule has 0 saturated heterocycles. The van der Waals surface area contributed by atoms with Gasteiger partial charge >= 0.3 is 0 Å². The third-order valence-corrected chi connectivity index (χ3v) is 5.63. The summed E-state index contributed by atoms with van der Waals surface area (Å²) in [6.45, 7) is 0.362. The zero-order chi connectivity index (χ0) is 24.8. The molecule has 1 unspecified atom stereocenters. The van der Waals surface area contributed by atoms with Gasteiger partial charge in [-0.3, -0.25) is 14.5 Å². The molecule has 0 radical (unpaired) electrons. The molecule has 0 aliphatic rings. The summed E-state index contributed by atoms with van der Waals surface area (Å²) in [4.78, 5) is 28.5. The van der Waals surface area contributed by atoms with Crippen molar-refractivity contribution < 1.29 is 18.7 Å². The van der Waals surface area contributed by atoms with Gasteiger partial charge in [0.05, 0.1) is 12.1 Å². The molecule has 1 atom stereocenters. The topological polar surface area (TPSA) is 89.4 Å². The van der Waals surface area contributed by atoms with E-state index in [1.54, 1.807) is 36.4 Å². The van der Waals surface area contributed by atoms with Crippen LogP contribution in [0, 0.1) is 5.82 Å². The number of carbonyl (C=O) groups is 2. The molecule has 1 N–H and O–H groups in total. The number of aromatic nitrogens is 3. The number of anilines is 1. The minimum Gasteiger partial charge on any atom is -0.383 e. The van der Waals surface area contributed by atoms with Crippen molar-refractivity contribution in [3.8, 4) is 0 Å². The van der Waals surface area contributed by atoms with Gasteiger partial charge in [-0.05, 0) is 54.1 Å². The smallest absolute Gasteiger partial charge is 0.249 e. The van der Waals surface area contributed by atoms with E-state index in [0.717, 1.165) is 0 Å². The second-order valence-electron chi connectivity index (χ2n) is 7.71. The molecular weight excluding hydrogens is 473 g/mol. The Hall–Kier alpha value is -3.82. The third kappa shape index (κ3) is 5.64. The van der Waals surface area contributed by atoms with Crippen molar-refractivity contribution >= 4 is 40.1 Å². The van der Waals surface area contributed by atoms with Crippen molar-refractivity contribution in [2.75, 3.05) is 25.2 Å². The molecule has 10 heteroatoms.